The Hall–Kier alpha value is -3.63. The van der Waals surface area contributed by atoms with Gasteiger partial charge in [0, 0.05) is 12.0 Å². The second-order valence-corrected chi connectivity index (χ2v) is 11.6. The fraction of sp³-hybridized carbons (Fsp3) is 0.333. The number of benzene rings is 4. The molecule has 3 unspecified atom stereocenters. The van der Waals surface area contributed by atoms with Gasteiger partial charge < -0.3 is 33.9 Å². The van der Waals surface area contributed by atoms with Crippen LogP contribution in [0.2, 0.25) is 0 Å². The van der Waals surface area contributed by atoms with Crippen molar-refractivity contribution in [2.75, 3.05) is 13.2 Å². The molecule has 0 spiro atoms. The molecule has 3 aliphatic heterocycles. The fourth-order valence-electron chi connectivity index (χ4n) is 6.70. The molecule has 4 bridgehead atoms. The van der Waals surface area contributed by atoms with Gasteiger partial charge in [-0.25, -0.2) is 4.39 Å². The minimum atomic E-state index is -1.63. The number of aliphatic hydroxyl groups excluding tert-OH is 1. The molecule has 4 aromatic rings. The Morgan fingerprint density at radius 3 is 2.02 bits per heavy atom. The van der Waals surface area contributed by atoms with Crippen molar-refractivity contribution in [1.29, 1.82) is 0 Å². The SMILES string of the molecule is CCOc1ccc(Cc2cc(C34O[C@H]5C(CO)(O3)[C@]5(O)[C@H](OCc3ccccc3)C4OCc3ccccc3)ccc2F)cc1. The van der Waals surface area contributed by atoms with Gasteiger partial charge in [0.15, 0.2) is 11.2 Å². The van der Waals surface area contributed by atoms with Crippen LogP contribution in [0.5, 0.6) is 5.75 Å². The van der Waals surface area contributed by atoms with Gasteiger partial charge in [-0.2, -0.15) is 0 Å². The standard InChI is InChI=1S/C36H35FO7/c1-2-40-29-16-13-24(14-17-29)19-27-20-28(15-18-30(27)37)36-32(42-22-26-11-7-4-8-12-26)31(41-21-25-9-5-3-6-10-25)35(39)33(43-36)34(35,23-38)44-36/h3-18,20,31-33,38-39H,2,19,21-23H2,1H3/t31-,32?,33+,34?,35+,36?/m1/s1. The lowest BCUT2D eigenvalue weighted by Gasteiger charge is -2.50. The van der Waals surface area contributed by atoms with Gasteiger partial charge >= 0.3 is 0 Å². The first kappa shape index (κ1) is 29.1. The van der Waals surface area contributed by atoms with E-state index in [1.807, 2.05) is 91.9 Å². The van der Waals surface area contributed by atoms with E-state index in [0.717, 1.165) is 22.4 Å². The van der Waals surface area contributed by atoms with Crippen LogP contribution in [-0.4, -0.2) is 52.9 Å². The van der Waals surface area contributed by atoms with Crippen molar-refractivity contribution in [1.82, 2.24) is 0 Å². The first-order valence-corrected chi connectivity index (χ1v) is 15.0. The zero-order valence-corrected chi connectivity index (χ0v) is 24.4. The number of rotatable bonds is 12. The normalized spacial score (nSPS) is 29.9. The molecule has 4 aromatic carbocycles. The Kier molecular flexibility index (Phi) is 7.53. The molecule has 3 saturated heterocycles. The molecule has 7 nitrogen and oxygen atoms in total. The fourth-order valence-corrected chi connectivity index (χ4v) is 6.70. The van der Waals surface area contributed by atoms with Crippen LogP contribution >= 0.6 is 0 Å². The summed E-state index contributed by atoms with van der Waals surface area (Å²) in [6.45, 7) is 2.40. The molecule has 8 heteroatoms. The van der Waals surface area contributed by atoms with Gasteiger partial charge in [0.1, 0.15) is 29.9 Å². The number of hydrogen-bond donors (Lipinski definition) is 2. The average molecular weight is 599 g/mol. The van der Waals surface area contributed by atoms with Crippen molar-refractivity contribution in [2.24, 2.45) is 0 Å². The summed E-state index contributed by atoms with van der Waals surface area (Å²) >= 11 is 0. The first-order chi connectivity index (χ1) is 21.4. The minimum absolute atomic E-state index is 0.193. The summed E-state index contributed by atoms with van der Waals surface area (Å²) in [6, 6.07) is 31.6. The molecule has 8 rings (SSSR count). The van der Waals surface area contributed by atoms with Crippen LogP contribution < -0.4 is 4.74 Å². The van der Waals surface area contributed by atoms with Crippen LogP contribution in [0.4, 0.5) is 4.39 Å². The van der Waals surface area contributed by atoms with E-state index >= 15 is 4.39 Å². The lowest BCUT2D eigenvalue weighted by molar-refractivity contribution is -0.382. The predicted molar refractivity (Wildman–Crippen MR) is 159 cm³/mol. The first-order valence-electron chi connectivity index (χ1n) is 15.0. The monoisotopic (exact) mass is 598 g/mol. The molecular formula is C36H35FO7. The molecule has 0 radical (unpaired) electrons. The number of halogens is 1. The number of ether oxygens (including phenoxy) is 5. The van der Waals surface area contributed by atoms with Crippen molar-refractivity contribution in [2.45, 2.75) is 61.9 Å². The number of aliphatic hydroxyl groups is 2. The Balaban J connectivity index is 1.25. The maximum absolute atomic E-state index is 15.3. The van der Waals surface area contributed by atoms with Gasteiger partial charge in [0.25, 0.3) is 0 Å². The van der Waals surface area contributed by atoms with Crippen molar-refractivity contribution >= 4 is 0 Å². The van der Waals surface area contributed by atoms with Crippen LogP contribution in [0, 0.1) is 5.82 Å². The van der Waals surface area contributed by atoms with E-state index in [0.29, 0.717) is 24.2 Å². The highest BCUT2D eigenvalue weighted by Crippen LogP contribution is 2.71. The lowest BCUT2D eigenvalue weighted by atomic mass is 9.85. The summed E-state index contributed by atoms with van der Waals surface area (Å²) in [5, 5.41) is 22.5. The largest absolute Gasteiger partial charge is 0.494 e. The van der Waals surface area contributed by atoms with Crippen molar-refractivity contribution in [3.05, 3.63) is 137 Å². The molecule has 2 N–H and O–H groups in total. The zero-order chi connectivity index (χ0) is 30.4. The van der Waals surface area contributed by atoms with Crippen LogP contribution in [0.15, 0.2) is 103 Å². The molecule has 228 valence electrons. The third-order valence-corrected chi connectivity index (χ3v) is 8.98. The van der Waals surface area contributed by atoms with Crippen LogP contribution in [0.3, 0.4) is 0 Å². The predicted octanol–water partition coefficient (Wildman–Crippen LogP) is 5.04. The van der Waals surface area contributed by atoms with E-state index in [1.165, 1.54) is 6.07 Å². The highest BCUT2D eigenvalue weighted by Gasteiger charge is 2.95. The molecule has 3 heterocycles. The summed E-state index contributed by atoms with van der Waals surface area (Å²) in [6.07, 6.45) is -2.38. The van der Waals surface area contributed by atoms with Gasteiger partial charge in [-0.15, -0.1) is 0 Å². The van der Waals surface area contributed by atoms with Gasteiger partial charge in [-0.3, -0.25) is 0 Å². The van der Waals surface area contributed by atoms with Gasteiger partial charge in [-0.05, 0) is 53.4 Å². The van der Waals surface area contributed by atoms with Crippen LogP contribution in [0.1, 0.15) is 34.7 Å². The van der Waals surface area contributed by atoms with Crippen molar-refractivity contribution < 1.29 is 38.3 Å². The summed E-state index contributed by atoms with van der Waals surface area (Å²) in [4.78, 5) is 0. The summed E-state index contributed by atoms with van der Waals surface area (Å²) in [7, 11) is 0. The summed E-state index contributed by atoms with van der Waals surface area (Å²) in [5.74, 6) is -1.18. The second kappa shape index (κ2) is 11.4. The maximum Gasteiger partial charge on any atom is 0.226 e. The Bertz CT molecular complexity index is 1600. The topological polar surface area (TPSA) is 86.6 Å². The van der Waals surface area contributed by atoms with Crippen LogP contribution in [0.25, 0.3) is 0 Å². The Morgan fingerprint density at radius 1 is 0.795 bits per heavy atom. The molecule has 1 saturated carbocycles. The second-order valence-electron chi connectivity index (χ2n) is 11.6. The van der Waals surface area contributed by atoms with Gasteiger partial charge in [0.05, 0.1) is 26.4 Å². The number of hydrogen-bond acceptors (Lipinski definition) is 7. The van der Waals surface area contributed by atoms with Gasteiger partial charge in [0.2, 0.25) is 5.79 Å². The average Bonchev–Trinajstić information content (AvgIpc) is 3.37. The van der Waals surface area contributed by atoms with E-state index in [1.54, 1.807) is 12.1 Å². The number of fused-ring (bicyclic) bond motifs is 1. The van der Waals surface area contributed by atoms with Crippen molar-refractivity contribution in [3.63, 3.8) is 0 Å². The third-order valence-electron chi connectivity index (χ3n) is 8.98. The minimum Gasteiger partial charge on any atom is -0.494 e. The molecule has 0 aromatic heterocycles. The van der Waals surface area contributed by atoms with E-state index in [-0.39, 0.29) is 19.0 Å². The highest BCUT2D eigenvalue weighted by atomic mass is 19.1. The molecule has 44 heavy (non-hydrogen) atoms. The summed E-state index contributed by atoms with van der Waals surface area (Å²) < 4.78 is 46.9. The highest BCUT2D eigenvalue weighted by molar-refractivity contribution is 5.45. The van der Waals surface area contributed by atoms with Crippen molar-refractivity contribution in [3.8, 4) is 5.75 Å². The maximum atomic E-state index is 15.3. The molecule has 6 atom stereocenters. The van der Waals surface area contributed by atoms with Gasteiger partial charge in [-0.1, -0.05) is 78.9 Å². The van der Waals surface area contributed by atoms with Crippen LogP contribution in [-0.2, 0) is 44.4 Å². The molecule has 4 fully saturated rings. The third kappa shape index (κ3) is 4.65. The van der Waals surface area contributed by atoms with E-state index in [4.69, 9.17) is 23.7 Å². The molecule has 4 aliphatic rings. The quantitative estimate of drug-likeness (QED) is 0.236. The molecule has 1 aliphatic carbocycles. The molecule has 0 amide bonds. The zero-order valence-electron chi connectivity index (χ0n) is 24.4. The van der Waals surface area contributed by atoms with E-state index in [9.17, 15) is 10.2 Å². The van der Waals surface area contributed by atoms with E-state index in [2.05, 4.69) is 0 Å². The Labute approximate surface area is 255 Å². The van der Waals surface area contributed by atoms with E-state index < -0.39 is 41.9 Å². The smallest absolute Gasteiger partial charge is 0.226 e. The molecular weight excluding hydrogens is 563 g/mol. The summed E-state index contributed by atoms with van der Waals surface area (Å²) in [5.41, 5.74) is 0.670. The Morgan fingerprint density at radius 2 is 1.43 bits per heavy atom. The lowest BCUT2D eigenvalue weighted by Crippen LogP contribution is -2.67.